The van der Waals surface area contributed by atoms with Gasteiger partial charge in [-0.1, -0.05) is 108 Å². The van der Waals surface area contributed by atoms with Crippen LogP contribution in [0.2, 0.25) is 0 Å². The number of unbranched alkanes of at least 4 members (excludes halogenated alkanes) is 2. The molecule has 0 spiro atoms. The summed E-state index contributed by atoms with van der Waals surface area (Å²) in [5, 5.41) is 15.7. The standard InChI is InChI=1S/C36H56N2O4S2/c1-2-3-4-5-6-7-8-9-10-11-12-13-14-15-16-17-18-19-20-27-34(39)37-30-24-23-26-33(36(41)42)38-35(40)28-22-21-25-32-29-31-43-44-32/h3-4,6-7,9-10,12-13,15-16,18-19,32-33H,2,5,8,11,14,17,20-31H2,1H3,(H,37,39)(H,38,40)(H,41,42)/b4-3-,7-6-,10-9-,13-12-,16-15-,19-18-/t32?,33-/m0/s1. The van der Waals surface area contributed by atoms with Crippen LogP contribution in [-0.4, -0.2) is 46.5 Å². The minimum Gasteiger partial charge on any atom is -0.480 e. The van der Waals surface area contributed by atoms with Crippen LogP contribution in [0, 0.1) is 0 Å². The number of carbonyl (C=O) groups excluding carboxylic acids is 2. The third-order valence-corrected chi connectivity index (χ3v) is 9.92. The molecule has 1 unspecified atom stereocenters. The number of carboxylic acids is 1. The van der Waals surface area contributed by atoms with Crippen molar-refractivity contribution in [2.45, 2.75) is 121 Å². The lowest BCUT2D eigenvalue weighted by molar-refractivity contribution is -0.142. The number of carboxylic acid groups (broad SMARTS) is 1. The van der Waals surface area contributed by atoms with Crippen molar-refractivity contribution in [3.8, 4) is 0 Å². The lowest BCUT2D eigenvalue weighted by Gasteiger charge is -2.15. The molecule has 1 saturated heterocycles. The Morgan fingerprint density at radius 1 is 0.750 bits per heavy atom. The molecule has 1 rings (SSSR count). The summed E-state index contributed by atoms with van der Waals surface area (Å²) in [6.07, 6.45) is 39.1. The number of hydrogen-bond donors (Lipinski definition) is 3. The van der Waals surface area contributed by atoms with Gasteiger partial charge in [-0.25, -0.2) is 4.79 Å². The highest BCUT2D eigenvalue weighted by atomic mass is 33.1. The highest BCUT2D eigenvalue weighted by Crippen LogP contribution is 2.39. The normalized spacial score (nSPS) is 16.4. The number of hydrogen-bond acceptors (Lipinski definition) is 5. The van der Waals surface area contributed by atoms with Gasteiger partial charge in [-0.15, -0.1) is 0 Å². The second kappa shape index (κ2) is 29.3. The average molecular weight is 645 g/mol. The van der Waals surface area contributed by atoms with Gasteiger partial charge in [-0.05, 0) is 83.5 Å². The lowest BCUT2D eigenvalue weighted by Crippen LogP contribution is -2.40. The van der Waals surface area contributed by atoms with E-state index in [-0.39, 0.29) is 11.8 Å². The number of rotatable bonds is 26. The predicted molar refractivity (Wildman–Crippen MR) is 191 cm³/mol. The molecule has 0 saturated carbocycles. The number of carbonyl (C=O) groups is 3. The van der Waals surface area contributed by atoms with Gasteiger partial charge in [0.1, 0.15) is 6.04 Å². The number of allylic oxidation sites excluding steroid dienone is 12. The van der Waals surface area contributed by atoms with E-state index in [1.807, 2.05) is 27.7 Å². The van der Waals surface area contributed by atoms with Gasteiger partial charge < -0.3 is 15.7 Å². The smallest absolute Gasteiger partial charge is 0.326 e. The Hall–Kier alpha value is -2.45. The van der Waals surface area contributed by atoms with E-state index in [2.05, 4.69) is 84.4 Å². The molecule has 1 aliphatic heterocycles. The fourth-order valence-corrected chi connectivity index (χ4v) is 7.42. The van der Waals surface area contributed by atoms with Gasteiger partial charge in [0, 0.05) is 30.4 Å². The van der Waals surface area contributed by atoms with Crippen LogP contribution in [0.5, 0.6) is 0 Å². The van der Waals surface area contributed by atoms with Gasteiger partial charge in [0.05, 0.1) is 0 Å². The van der Waals surface area contributed by atoms with Crippen LogP contribution in [0.25, 0.3) is 0 Å². The Morgan fingerprint density at radius 3 is 1.89 bits per heavy atom. The van der Waals surface area contributed by atoms with E-state index in [1.54, 1.807) is 0 Å². The number of nitrogens with one attached hydrogen (secondary N) is 2. The molecular weight excluding hydrogens is 589 g/mol. The van der Waals surface area contributed by atoms with E-state index in [1.165, 1.54) is 12.2 Å². The Morgan fingerprint density at radius 2 is 1.34 bits per heavy atom. The van der Waals surface area contributed by atoms with Crippen molar-refractivity contribution in [3.63, 3.8) is 0 Å². The van der Waals surface area contributed by atoms with Gasteiger partial charge in [0.2, 0.25) is 11.8 Å². The lowest BCUT2D eigenvalue weighted by atomic mass is 10.1. The van der Waals surface area contributed by atoms with Crippen LogP contribution in [-0.2, 0) is 14.4 Å². The van der Waals surface area contributed by atoms with Gasteiger partial charge in [0.25, 0.3) is 0 Å². The van der Waals surface area contributed by atoms with E-state index in [0.29, 0.717) is 50.3 Å². The maximum absolute atomic E-state index is 12.2. The number of aliphatic carboxylic acids is 1. The summed E-state index contributed by atoms with van der Waals surface area (Å²) in [6, 6.07) is -0.868. The maximum atomic E-state index is 12.2. The first-order valence-corrected chi connectivity index (χ1v) is 18.9. The molecule has 0 aliphatic carbocycles. The molecule has 0 aromatic carbocycles. The largest absolute Gasteiger partial charge is 0.480 e. The summed E-state index contributed by atoms with van der Waals surface area (Å²) in [4.78, 5) is 35.8. The van der Waals surface area contributed by atoms with Crippen LogP contribution in [0.15, 0.2) is 72.9 Å². The van der Waals surface area contributed by atoms with Crippen molar-refractivity contribution in [2.75, 3.05) is 12.3 Å². The molecule has 246 valence electrons. The van der Waals surface area contributed by atoms with Gasteiger partial charge in [-0.2, -0.15) is 0 Å². The molecule has 2 amide bonds. The molecule has 8 heteroatoms. The first-order chi connectivity index (χ1) is 21.5. The first-order valence-electron chi connectivity index (χ1n) is 16.5. The molecule has 1 fully saturated rings. The van der Waals surface area contributed by atoms with Crippen LogP contribution in [0.1, 0.15) is 110 Å². The molecule has 1 heterocycles. The maximum Gasteiger partial charge on any atom is 0.326 e. The van der Waals surface area contributed by atoms with Crippen molar-refractivity contribution < 1.29 is 19.5 Å². The van der Waals surface area contributed by atoms with Crippen molar-refractivity contribution in [1.29, 1.82) is 0 Å². The fourth-order valence-electron chi connectivity index (χ4n) is 4.39. The molecule has 3 N–H and O–H groups in total. The van der Waals surface area contributed by atoms with Gasteiger partial charge in [-0.3, -0.25) is 9.59 Å². The second-order valence-corrected chi connectivity index (χ2v) is 13.6. The quantitative estimate of drug-likeness (QED) is 0.0494. The topological polar surface area (TPSA) is 95.5 Å². The molecular formula is C36H56N2O4S2. The molecule has 2 atom stereocenters. The van der Waals surface area contributed by atoms with Crippen LogP contribution in [0.4, 0.5) is 0 Å². The molecule has 44 heavy (non-hydrogen) atoms. The summed E-state index contributed by atoms with van der Waals surface area (Å²) in [6.45, 7) is 2.66. The molecule has 6 nitrogen and oxygen atoms in total. The van der Waals surface area contributed by atoms with Crippen molar-refractivity contribution in [1.82, 2.24) is 10.6 Å². The first kappa shape index (κ1) is 39.6. The van der Waals surface area contributed by atoms with E-state index < -0.39 is 12.0 Å². The Labute approximate surface area is 274 Å². The molecule has 1 aliphatic rings. The predicted octanol–water partition coefficient (Wildman–Crippen LogP) is 9.03. The summed E-state index contributed by atoms with van der Waals surface area (Å²) >= 11 is 0. The highest BCUT2D eigenvalue weighted by molar-refractivity contribution is 8.77. The third-order valence-electron chi connectivity index (χ3n) is 6.92. The average Bonchev–Trinajstić information content (AvgIpc) is 3.53. The highest BCUT2D eigenvalue weighted by Gasteiger charge is 2.20. The van der Waals surface area contributed by atoms with Crippen molar-refractivity contribution in [2.24, 2.45) is 0 Å². The SMILES string of the molecule is CC/C=C\C/C=C\C/C=C\C/C=C\C/C=C\C/C=C\CCC(=O)NCCCC[C@H](NC(=O)CCCCC1CCSS1)C(=O)O. The fraction of sp³-hybridized carbons (Fsp3) is 0.583. The molecule has 0 bridgehead atoms. The van der Waals surface area contributed by atoms with Gasteiger partial charge in [0.15, 0.2) is 0 Å². The summed E-state index contributed by atoms with van der Waals surface area (Å²) in [5.41, 5.74) is 0. The second-order valence-electron chi connectivity index (χ2n) is 10.8. The number of amides is 2. The zero-order valence-electron chi connectivity index (χ0n) is 26.8. The van der Waals surface area contributed by atoms with Crippen molar-refractivity contribution >= 4 is 39.4 Å². The van der Waals surface area contributed by atoms with E-state index in [9.17, 15) is 19.5 Å². The van der Waals surface area contributed by atoms with E-state index in [4.69, 9.17) is 0 Å². The van der Waals surface area contributed by atoms with E-state index >= 15 is 0 Å². The summed E-state index contributed by atoms with van der Waals surface area (Å²) in [7, 11) is 3.87. The Balaban J connectivity index is 2.00. The Kier molecular flexibility index (Phi) is 26.3. The zero-order valence-corrected chi connectivity index (χ0v) is 28.4. The van der Waals surface area contributed by atoms with Gasteiger partial charge >= 0.3 is 5.97 Å². The minimum absolute atomic E-state index is 0.00205. The van der Waals surface area contributed by atoms with Crippen LogP contribution < -0.4 is 10.6 Å². The monoisotopic (exact) mass is 644 g/mol. The summed E-state index contributed by atoms with van der Waals surface area (Å²) in [5.74, 6) is 0.0262. The van der Waals surface area contributed by atoms with Crippen molar-refractivity contribution in [3.05, 3.63) is 72.9 Å². The molecule has 0 radical (unpaired) electrons. The molecule has 0 aromatic heterocycles. The minimum atomic E-state index is -1.00. The van der Waals surface area contributed by atoms with Crippen LogP contribution >= 0.6 is 21.6 Å². The van der Waals surface area contributed by atoms with E-state index in [0.717, 1.165) is 57.8 Å². The van der Waals surface area contributed by atoms with Crippen LogP contribution in [0.3, 0.4) is 0 Å². The summed E-state index contributed by atoms with van der Waals surface area (Å²) < 4.78 is 0. The zero-order chi connectivity index (χ0) is 31.9. The molecule has 0 aromatic rings. The Bertz CT molecular complexity index is 950. The third kappa shape index (κ3) is 24.9.